The Morgan fingerprint density at radius 1 is 1.11 bits per heavy atom. The first kappa shape index (κ1) is 14.9. The highest BCUT2D eigenvalue weighted by molar-refractivity contribution is 14.1. The van der Waals surface area contributed by atoms with Crippen molar-refractivity contribution in [3.05, 3.63) is 9.26 Å². The van der Waals surface area contributed by atoms with E-state index in [-0.39, 0.29) is 18.3 Å². The number of aromatic nitrogens is 2. The average molecular weight is 366 g/mol. The Kier molecular flexibility index (Phi) is 6.10. The van der Waals surface area contributed by atoms with Crippen LogP contribution in [0.3, 0.4) is 0 Å². The Bertz CT molecular complexity index is 426. The molecule has 0 unspecified atom stereocenters. The predicted molar refractivity (Wildman–Crippen MR) is 73.0 cm³/mol. The van der Waals surface area contributed by atoms with Gasteiger partial charge >= 0.3 is 12.0 Å². The summed E-state index contributed by atoms with van der Waals surface area (Å²) in [4.78, 5) is 19.9. The molecule has 1 rings (SSSR count). The average Bonchev–Trinajstić information content (AvgIpc) is 2.34. The Balaban J connectivity index is 3.17. The van der Waals surface area contributed by atoms with Gasteiger partial charge < -0.3 is 14.2 Å². The van der Waals surface area contributed by atoms with Crippen LogP contribution in [0.25, 0.3) is 0 Å². The van der Waals surface area contributed by atoms with Crippen molar-refractivity contribution in [2.45, 2.75) is 20.8 Å². The van der Waals surface area contributed by atoms with E-state index in [0.717, 1.165) is 0 Å². The number of nitrogens with zero attached hydrogens (tertiary/aromatic N) is 2. The quantitative estimate of drug-likeness (QED) is 0.567. The molecular weight excluding hydrogens is 351 g/mol. The second-order valence-corrected chi connectivity index (χ2v) is 4.14. The standard InChI is InChI=1S/C11H15IN2O4/c1-4-16-9-7(12)8(10(15)17-5-2)13-11(14-9)18-6-3/h4-6H2,1-3H3. The van der Waals surface area contributed by atoms with E-state index in [1.54, 1.807) is 6.92 Å². The molecule has 0 fully saturated rings. The van der Waals surface area contributed by atoms with Gasteiger partial charge in [-0.25, -0.2) is 4.79 Å². The minimum Gasteiger partial charge on any atom is -0.477 e. The zero-order valence-corrected chi connectivity index (χ0v) is 12.7. The van der Waals surface area contributed by atoms with Crippen LogP contribution in [0.5, 0.6) is 11.9 Å². The fraction of sp³-hybridized carbons (Fsp3) is 0.545. The van der Waals surface area contributed by atoms with Gasteiger partial charge in [0.1, 0.15) is 3.57 Å². The van der Waals surface area contributed by atoms with Gasteiger partial charge in [0.15, 0.2) is 5.69 Å². The monoisotopic (exact) mass is 366 g/mol. The van der Waals surface area contributed by atoms with Crippen LogP contribution in [-0.2, 0) is 4.74 Å². The normalized spacial score (nSPS) is 10.0. The van der Waals surface area contributed by atoms with E-state index < -0.39 is 5.97 Å². The minimum atomic E-state index is -0.508. The Hall–Kier alpha value is -1.12. The molecule has 1 aromatic heterocycles. The fourth-order valence-electron chi connectivity index (χ4n) is 1.17. The lowest BCUT2D eigenvalue weighted by Crippen LogP contribution is -2.13. The van der Waals surface area contributed by atoms with Crippen LogP contribution >= 0.6 is 22.6 Å². The maximum atomic E-state index is 11.8. The molecule has 1 heterocycles. The molecule has 1 aromatic rings. The summed E-state index contributed by atoms with van der Waals surface area (Å²) >= 11 is 1.96. The summed E-state index contributed by atoms with van der Waals surface area (Å²) in [5.41, 5.74) is 0.166. The summed E-state index contributed by atoms with van der Waals surface area (Å²) in [5.74, 6) is -0.175. The third kappa shape index (κ3) is 3.69. The SMILES string of the molecule is CCOC(=O)c1nc(OCC)nc(OCC)c1I. The van der Waals surface area contributed by atoms with Gasteiger partial charge in [-0.1, -0.05) is 0 Å². The van der Waals surface area contributed by atoms with Gasteiger partial charge in [0.2, 0.25) is 5.88 Å². The van der Waals surface area contributed by atoms with Gasteiger partial charge in [0, 0.05) is 0 Å². The molecule has 0 saturated carbocycles. The number of hydrogen-bond acceptors (Lipinski definition) is 6. The van der Waals surface area contributed by atoms with Crippen LogP contribution in [0, 0.1) is 3.57 Å². The first-order chi connectivity index (χ1) is 8.63. The summed E-state index contributed by atoms with van der Waals surface area (Å²) in [6.07, 6.45) is 0. The predicted octanol–water partition coefficient (Wildman–Crippen LogP) is 2.06. The molecule has 0 aliphatic heterocycles. The van der Waals surface area contributed by atoms with E-state index in [9.17, 15) is 4.79 Å². The number of rotatable bonds is 6. The minimum absolute atomic E-state index is 0.115. The Labute approximate surface area is 119 Å². The molecule has 6 nitrogen and oxygen atoms in total. The number of carbonyl (C=O) groups excluding carboxylic acids is 1. The summed E-state index contributed by atoms with van der Waals surface area (Å²) in [7, 11) is 0. The molecule has 0 aliphatic carbocycles. The van der Waals surface area contributed by atoms with Crippen molar-refractivity contribution in [2.24, 2.45) is 0 Å². The van der Waals surface area contributed by atoms with Gasteiger partial charge in [-0.3, -0.25) is 0 Å². The zero-order chi connectivity index (χ0) is 13.5. The number of halogens is 1. The molecule has 7 heteroatoms. The lowest BCUT2D eigenvalue weighted by Gasteiger charge is -2.10. The van der Waals surface area contributed by atoms with E-state index >= 15 is 0 Å². The maximum absolute atomic E-state index is 11.8. The van der Waals surface area contributed by atoms with Crippen molar-refractivity contribution < 1.29 is 19.0 Å². The van der Waals surface area contributed by atoms with Crippen molar-refractivity contribution in [3.63, 3.8) is 0 Å². The number of hydrogen-bond donors (Lipinski definition) is 0. The third-order valence-corrected chi connectivity index (χ3v) is 2.80. The highest BCUT2D eigenvalue weighted by Crippen LogP contribution is 2.24. The van der Waals surface area contributed by atoms with Crippen molar-refractivity contribution in [3.8, 4) is 11.9 Å². The smallest absolute Gasteiger partial charge is 0.358 e. The molecule has 0 aliphatic rings. The van der Waals surface area contributed by atoms with Crippen LogP contribution in [0.4, 0.5) is 0 Å². The van der Waals surface area contributed by atoms with Crippen LogP contribution in [0.15, 0.2) is 0 Å². The summed E-state index contributed by atoms with van der Waals surface area (Å²) in [5, 5.41) is 0. The molecule has 0 radical (unpaired) electrons. The van der Waals surface area contributed by atoms with Gasteiger partial charge in [-0.15, -0.1) is 0 Å². The molecule has 0 saturated heterocycles. The van der Waals surface area contributed by atoms with Gasteiger partial charge in [-0.2, -0.15) is 9.97 Å². The van der Waals surface area contributed by atoms with Gasteiger partial charge in [0.25, 0.3) is 0 Å². The molecule has 18 heavy (non-hydrogen) atoms. The molecule has 100 valence electrons. The van der Waals surface area contributed by atoms with E-state index in [4.69, 9.17) is 14.2 Å². The lowest BCUT2D eigenvalue weighted by atomic mass is 10.4. The van der Waals surface area contributed by atoms with Crippen LogP contribution in [-0.4, -0.2) is 35.8 Å². The molecule has 0 spiro atoms. The molecule has 0 N–H and O–H groups in total. The number of carbonyl (C=O) groups is 1. The van der Waals surface area contributed by atoms with Crippen molar-refractivity contribution in [2.75, 3.05) is 19.8 Å². The summed E-state index contributed by atoms with van der Waals surface area (Å²) in [6, 6.07) is 0.115. The molecule has 0 aromatic carbocycles. The van der Waals surface area contributed by atoms with Crippen molar-refractivity contribution in [1.82, 2.24) is 9.97 Å². The second kappa shape index (κ2) is 7.34. The van der Waals surface area contributed by atoms with Crippen LogP contribution < -0.4 is 9.47 Å². The topological polar surface area (TPSA) is 70.5 Å². The van der Waals surface area contributed by atoms with E-state index in [1.807, 2.05) is 36.4 Å². The highest BCUT2D eigenvalue weighted by atomic mass is 127. The number of ether oxygens (including phenoxy) is 3. The summed E-state index contributed by atoms with van der Waals surface area (Å²) < 4.78 is 16.0. The zero-order valence-electron chi connectivity index (χ0n) is 10.5. The van der Waals surface area contributed by atoms with Crippen molar-refractivity contribution >= 4 is 28.6 Å². The number of esters is 1. The molecule has 0 bridgehead atoms. The summed E-state index contributed by atoms with van der Waals surface area (Å²) in [6.45, 7) is 6.52. The first-order valence-electron chi connectivity index (χ1n) is 5.64. The van der Waals surface area contributed by atoms with Crippen molar-refractivity contribution in [1.29, 1.82) is 0 Å². The highest BCUT2D eigenvalue weighted by Gasteiger charge is 2.20. The Morgan fingerprint density at radius 2 is 1.78 bits per heavy atom. The molecule has 0 amide bonds. The van der Waals surface area contributed by atoms with E-state index in [2.05, 4.69) is 9.97 Å². The maximum Gasteiger partial charge on any atom is 0.358 e. The Morgan fingerprint density at radius 3 is 2.33 bits per heavy atom. The van der Waals surface area contributed by atoms with E-state index in [0.29, 0.717) is 22.7 Å². The first-order valence-corrected chi connectivity index (χ1v) is 6.72. The van der Waals surface area contributed by atoms with Gasteiger partial charge in [0.05, 0.1) is 19.8 Å². The van der Waals surface area contributed by atoms with Crippen LogP contribution in [0.2, 0.25) is 0 Å². The van der Waals surface area contributed by atoms with Crippen LogP contribution in [0.1, 0.15) is 31.3 Å². The largest absolute Gasteiger partial charge is 0.477 e. The second-order valence-electron chi connectivity index (χ2n) is 3.06. The molecule has 0 atom stereocenters. The third-order valence-electron chi connectivity index (χ3n) is 1.82. The fourth-order valence-corrected chi connectivity index (χ4v) is 1.78. The van der Waals surface area contributed by atoms with E-state index in [1.165, 1.54) is 0 Å². The molecular formula is C11H15IN2O4. The lowest BCUT2D eigenvalue weighted by molar-refractivity contribution is 0.0515. The van der Waals surface area contributed by atoms with Gasteiger partial charge in [-0.05, 0) is 43.4 Å².